The van der Waals surface area contributed by atoms with Crippen LogP contribution < -0.4 is 15.5 Å². The van der Waals surface area contributed by atoms with Crippen LogP contribution in [0.15, 0.2) is 48.5 Å². The minimum absolute atomic E-state index is 0.263. The Balaban J connectivity index is 1.52. The normalized spacial score (nSPS) is 14.7. The molecule has 1 heterocycles. The average Bonchev–Trinajstić information content (AvgIpc) is 2.69. The molecule has 2 aromatic rings. The first kappa shape index (κ1) is 19.6. The van der Waals surface area contributed by atoms with Crippen LogP contribution in [0.4, 0.5) is 11.4 Å². The van der Waals surface area contributed by atoms with Gasteiger partial charge in [-0.05, 0) is 67.3 Å². The highest BCUT2D eigenvalue weighted by atomic mass is 35.5. The van der Waals surface area contributed by atoms with E-state index in [1.54, 1.807) is 24.3 Å². The zero-order valence-electron chi connectivity index (χ0n) is 15.2. The Hall–Kier alpha value is -2.15. The second-order valence-corrected chi connectivity index (χ2v) is 7.23. The summed E-state index contributed by atoms with van der Waals surface area (Å²) >= 11 is 11.1. The molecule has 3 rings (SSSR count). The summed E-state index contributed by atoms with van der Waals surface area (Å²) in [6.45, 7) is 7.57. The molecule has 27 heavy (non-hydrogen) atoms. The van der Waals surface area contributed by atoms with E-state index in [0.29, 0.717) is 10.6 Å². The highest BCUT2D eigenvalue weighted by Crippen LogP contribution is 2.19. The number of nitrogens with zero attached hydrogens (tertiary/aromatic N) is 2. The van der Waals surface area contributed by atoms with Gasteiger partial charge in [-0.25, -0.2) is 0 Å². The quantitative estimate of drug-likeness (QED) is 0.765. The molecule has 2 aromatic carbocycles. The first-order valence-electron chi connectivity index (χ1n) is 9.00. The number of rotatable bonds is 4. The zero-order valence-corrected chi connectivity index (χ0v) is 16.8. The standard InChI is InChI=1S/C20H23ClN4OS/c1-2-24-11-13-25(14-12-24)18-9-7-17(8-10-18)22-20(27)23-19(26)15-3-5-16(21)6-4-15/h3-10H,2,11-14H2,1H3,(H2,22,23,26,27). The van der Waals surface area contributed by atoms with Crippen molar-refractivity contribution in [1.82, 2.24) is 10.2 Å². The van der Waals surface area contributed by atoms with E-state index >= 15 is 0 Å². The van der Waals surface area contributed by atoms with Crippen LogP contribution in [0.2, 0.25) is 5.02 Å². The summed E-state index contributed by atoms with van der Waals surface area (Å²) < 4.78 is 0. The number of carbonyl (C=O) groups is 1. The summed E-state index contributed by atoms with van der Waals surface area (Å²) in [6, 6.07) is 14.8. The van der Waals surface area contributed by atoms with Crippen LogP contribution in [0.25, 0.3) is 0 Å². The zero-order chi connectivity index (χ0) is 19.2. The van der Waals surface area contributed by atoms with Gasteiger partial charge in [0.15, 0.2) is 5.11 Å². The van der Waals surface area contributed by atoms with E-state index in [4.69, 9.17) is 23.8 Å². The Morgan fingerprint density at radius 1 is 1.04 bits per heavy atom. The van der Waals surface area contributed by atoms with E-state index in [9.17, 15) is 4.79 Å². The van der Waals surface area contributed by atoms with E-state index in [2.05, 4.69) is 39.5 Å². The summed E-state index contributed by atoms with van der Waals surface area (Å²) in [5.41, 5.74) is 2.55. The van der Waals surface area contributed by atoms with Crippen LogP contribution in [-0.2, 0) is 0 Å². The van der Waals surface area contributed by atoms with Crippen molar-refractivity contribution in [2.45, 2.75) is 6.92 Å². The average molecular weight is 403 g/mol. The molecule has 0 bridgehead atoms. The SMILES string of the molecule is CCN1CCN(c2ccc(NC(=S)NC(=O)c3ccc(Cl)cc3)cc2)CC1. The molecule has 1 fully saturated rings. The maximum atomic E-state index is 12.2. The number of amides is 1. The molecule has 0 spiro atoms. The van der Waals surface area contributed by atoms with Gasteiger partial charge in [-0.2, -0.15) is 0 Å². The van der Waals surface area contributed by atoms with E-state index in [0.717, 1.165) is 38.4 Å². The largest absolute Gasteiger partial charge is 0.369 e. The molecule has 1 aliphatic rings. The minimum atomic E-state index is -0.269. The monoisotopic (exact) mass is 402 g/mol. The van der Waals surface area contributed by atoms with Gasteiger partial charge in [-0.3, -0.25) is 10.1 Å². The van der Waals surface area contributed by atoms with Gasteiger partial charge < -0.3 is 15.1 Å². The third kappa shape index (κ3) is 5.42. The number of piperazine rings is 1. The first-order chi connectivity index (χ1) is 13.0. The molecule has 1 aliphatic heterocycles. The molecule has 1 amide bonds. The van der Waals surface area contributed by atoms with Crippen molar-refractivity contribution in [3.8, 4) is 0 Å². The molecule has 0 saturated carbocycles. The lowest BCUT2D eigenvalue weighted by Crippen LogP contribution is -2.46. The van der Waals surface area contributed by atoms with Crippen LogP contribution in [0.3, 0.4) is 0 Å². The number of anilines is 2. The second kappa shape index (κ2) is 9.17. The van der Waals surface area contributed by atoms with Gasteiger partial charge in [0.05, 0.1) is 0 Å². The lowest BCUT2D eigenvalue weighted by atomic mass is 10.2. The second-order valence-electron chi connectivity index (χ2n) is 6.38. The number of halogens is 1. The number of thiocarbonyl (C=S) groups is 1. The summed E-state index contributed by atoms with van der Waals surface area (Å²) in [4.78, 5) is 17.0. The van der Waals surface area contributed by atoms with Crippen molar-refractivity contribution >= 4 is 46.2 Å². The number of likely N-dealkylation sites (N-methyl/N-ethyl adjacent to an activating group) is 1. The minimum Gasteiger partial charge on any atom is -0.369 e. The van der Waals surface area contributed by atoms with Crippen LogP contribution in [-0.4, -0.2) is 48.6 Å². The third-order valence-electron chi connectivity index (χ3n) is 4.64. The highest BCUT2D eigenvalue weighted by molar-refractivity contribution is 7.80. The molecule has 0 radical (unpaired) electrons. The van der Waals surface area contributed by atoms with E-state index in [-0.39, 0.29) is 11.0 Å². The molecule has 0 aliphatic carbocycles. The summed E-state index contributed by atoms with van der Waals surface area (Å²) in [7, 11) is 0. The van der Waals surface area contributed by atoms with Gasteiger partial charge in [0.25, 0.3) is 5.91 Å². The summed E-state index contributed by atoms with van der Waals surface area (Å²) in [5, 5.41) is 6.57. The maximum Gasteiger partial charge on any atom is 0.257 e. The van der Waals surface area contributed by atoms with E-state index in [1.165, 1.54) is 5.69 Å². The van der Waals surface area contributed by atoms with Crippen LogP contribution in [0, 0.1) is 0 Å². The Kier molecular flexibility index (Phi) is 6.66. The van der Waals surface area contributed by atoms with Crippen molar-refractivity contribution in [2.75, 3.05) is 42.9 Å². The number of nitrogens with one attached hydrogen (secondary N) is 2. The predicted octanol–water partition coefficient (Wildman–Crippen LogP) is 3.61. The Labute approximate surface area is 170 Å². The first-order valence-corrected chi connectivity index (χ1v) is 9.79. The summed E-state index contributed by atoms with van der Waals surface area (Å²) in [5.74, 6) is -0.269. The number of carbonyl (C=O) groups excluding carboxylic acids is 1. The third-order valence-corrected chi connectivity index (χ3v) is 5.10. The molecule has 142 valence electrons. The number of benzene rings is 2. The Morgan fingerprint density at radius 3 is 2.26 bits per heavy atom. The maximum absolute atomic E-state index is 12.2. The smallest absolute Gasteiger partial charge is 0.257 e. The molecular weight excluding hydrogens is 380 g/mol. The van der Waals surface area contributed by atoms with Crippen LogP contribution in [0.1, 0.15) is 17.3 Å². The van der Waals surface area contributed by atoms with Gasteiger partial charge in [0, 0.05) is 48.1 Å². The Bertz CT molecular complexity index is 787. The van der Waals surface area contributed by atoms with Gasteiger partial charge >= 0.3 is 0 Å². The van der Waals surface area contributed by atoms with Crippen LogP contribution >= 0.6 is 23.8 Å². The Morgan fingerprint density at radius 2 is 1.67 bits per heavy atom. The van der Waals surface area contributed by atoms with Crippen molar-refractivity contribution < 1.29 is 4.79 Å². The van der Waals surface area contributed by atoms with Gasteiger partial charge in [0.1, 0.15) is 0 Å². The van der Waals surface area contributed by atoms with Crippen molar-refractivity contribution in [3.63, 3.8) is 0 Å². The molecular formula is C20H23ClN4OS. The van der Waals surface area contributed by atoms with Crippen LogP contribution in [0.5, 0.6) is 0 Å². The topological polar surface area (TPSA) is 47.6 Å². The molecule has 0 atom stereocenters. The fourth-order valence-corrected chi connectivity index (χ4v) is 3.35. The molecule has 0 aromatic heterocycles. The fraction of sp³-hybridized carbons (Fsp3) is 0.300. The predicted molar refractivity (Wildman–Crippen MR) is 116 cm³/mol. The molecule has 5 nitrogen and oxygen atoms in total. The molecule has 7 heteroatoms. The number of hydrogen-bond acceptors (Lipinski definition) is 4. The van der Waals surface area contributed by atoms with Gasteiger partial charge in [-0.1, -0.05) is 18.5 Å². The molecule has 1 saturated heterocycles. The van der Waals surface area contributed by atoms with Gasteiger partial charge in [-0.15, -0.1) is 0 Å². The lowest BCUT2D eigenvalue weighted by Gasteiger charge is -2.35. The van der Waals surface area contributed by atoms with Gasteiger partial charge in [0.2, 0.25) is 0 Å². The molecule has 2 N–H and O–H groups in total. The lowest BCUT2D eigenvalue weighted by molar-refractivity contribution is 0.0978. The fourth-order valence-electron chi connectivity index (χ4n) is 3.02. The summed E-state index contributed by atoms with van der Waals surface area (Å²) in [6.07, 6.45) is 0. The van der Waals surface area contributed by atoms with Crippen molar-refractivity contribution in [1.29, 1.82) is 0 Å². The highest BCUT2D eigenvalue weighted by Gasteiger charge is 2.15. The molecule has 0 unspecified atom stereocenters. The van der Waals surface area contributed by atoms with Crippen molar-refractivity contribution in [3.05, 3.63) is 59.1 Å². The van der Waals surface area contributed by atoms with E-state index in [1.807, 2.05) is 12.1 Å². The van der Waals surface area contributed by atoms with Crippen molar-refractivity contribution in [2.24, 2.45) is 0 Å². The van der Waals surface area contributed by atoms with E-state index < -0.39 is 0 Å². The number of hydrogen-bond donors (Lipinski definition) is 2.